The summed E-state index contributed by atoms with van der Waals surface area (Å²) in [7, 11) is 0. The van der Waals surface area contributed by atoms with Crippen molar-refractivity contribution in [3.63, 3.8) is 0 Å². The lowest BCUT2D eigenvalue weighted by atomic mass is 10.0. The Morgan fingerprint density at radius 1 is 0.895 bits per heavy atom. The van der Waals surface area contributed by atoms with Crippen LogP contribution in [0, 0.1) is 0 Å². The summed E-state index contributed by atoms with van der Waals surface area (Å²) < 4.78 is -0.402. The maximum atomic E-state index is 4.42. The molecule has 0 spiro atoms. The van der Waals surface area contributed by atoms with Gasteiger partial charge in [-0.3, -0.25) is 0 Å². The molecule has 1 heterocycles. The Hall–Kier alpha value is -1.87. The van der Waals surface area contributed by atoms with Crippen molar-refractivity contribution in [2.45, 2.75) is 4.45 Å². The van der Waals surface area contributed by atoms with Crippen LogP contribution in [0.3, 0.4) is 0 Å². The first kappa shape index (κ1) is 12.2. The molecule has 19 heavy (non-hydrogen) atoms. The summed E-state index contributed by atoms with van der Waals surface area (Å²) in [6.45, 7) is 0. The highest BCUT2D eigenvalue weighted by molar-refractivity contribution is 9.09. The molecule has 3 rings (SSSR count). The zero-order chi connectivity index (χ0) is 13.1. The van der Waals surface area contributed by atoms with E-state index in [0.717, 1.165) is 17.0 Å². The molecule has 0 bridgehead atoms. The Labute approximate surface area is 121 Å². The van der Waals surface area contributed by atoms with Gasteiger partial charge in [0.05, 0.1) is 0 Å². The van der Waals surface area contributed by atoms with E-state index in [2.05, 4.69) is 38.4 Å². The Kier molecular flexibility index (Phi) is 3.22. The summed E-state index contributed by atoms with van der Waals surface area (Å²) in [4.78, 5) is 4.42. The smallest absolute Gasteiger partial charge is 0.140 e. The van der Waals surface area contributed by atoms with Gasteiger partial charge in [-0.15, -0.1) is 0 Å². The average Bonchev–Trinajstić information content (AvgIpc) is 2.49. The molecule has 0 amide bonds. The van der Waals surface area contributed by atoms with Gasteiger partial charge in [0.25, 0.3) is 0 Å². The van der Waals surface area contributed by atoms with Crippen LogP contribution in [0.5, 0.6) is 0 Å². The van der Waals surface area contributed by atoms with Gasteiger partial charge < -0.3 is 5.32 Å². The Morgan fingerprint density at radius 2 is 1.53 bits per heavy atom. The summed E-state index contributed by atoms with van der Waals surface area (Å²) in [6, 6.07) is 20.4. The van der Waals surface area contributed by atoms with Gasteiger partial charge in [-0.1, -0.05) is 76.6 Å². The number of aliphatic imine (C=N–C) groups is 1. The number of nitrogens with one attached hydrogen (secondary N) is 1. The normalized spacial score (nSPS) is 21.6. The van der Waals surface area contributed by atoms with Gasteiger partial charge in [0.2, 0.25) is 0 Å². The Morgan fingerprint density at radius 3 is 2.21 bits per heavy atom. The Bertz CT molecular complexity index is 620. The molecular formula is C16H13BrN2. The molecule has 1 unspecified atom stereocenters. The zero-order valence-electron chi connectivity index (χ0n) is 10.3. The van der Waals surface area contributed by atoms with E-state index in [1.807, 2.05) is 60.8 Å². The molecule has 2 aromatic carbocycles. The van der Waals surface area contributed by atoms with E-state index in [1.54, 1.807) is 0 Å². The van der Waals surface area contributed by atoms with E-state index >= 15 is 0 Å². The summed E-state index contributed by atoms with van der Waals surface area (Å²) in [6.07, 6.45) is 3.84. The Balaban J connectivity index is 1.94. The largest absolute Gasteiger partial charge is 0.348 e. The van der Waals surface area contributed by atoms with Crippen molar-refractivity contribution >= 4 is 21.8 Å². The lowest BCUT2D eigenvalue weighted by Gasteiger charge is -2.30. The third-order valence-corrected chi connectivity index (χ3v) is 3.97. The SMILES string of the molecule is BrC1(c2ccccc2)C=CN=C(c2ccccc2)N1. The van der Waals surface area contributed by atoms with E-state index in [4.69, 9.17) is 0 Å². The van der Waals surface area contributed by atoms with Crippen molar-refractivity contribution in [2.24, 2.45) is 4.99 Å². The molecule has 3 heteroatoms. The lowest BCUT2D eigenvalue weighted by molar-refractivity contribution is 0.724. The maximum absolute atomic E-state index is 4.42. The number of alkyl halides is 1. The topological polar surface area (TPSA) is 24.4 Å². The van der Waals surface area contributed by atoms with E-state index in [-0.39, 0.29) is 0 Å². The van der Waals surface area contributed by atoms with Gasteiger partial charge >= 0.3 is 0 Å². The molecule has 1 aliphatic heterocycles. The predicted molar refractivity (Wildman–Crippen MR) is 82.3 cm³/mol. The summed E-state index contributed by atoms with van der Waals surface area (Å²) in [5.74, 6) is 0.865. The number of benzene rings is 2. The predicted octanol–water partition coefficient (Wildman–Crippen LogP) is 3.80. The van der Waals surface area contributed by atoms with E-state index in [9.17, 15) is 0 Å². The van der Waals surface area contributed by atoms with Gasteiger partial charge in [0.15, 0.2) is 0 Å². The van der Waals surface area contributed by atoms with Gasteiger partial charge in [-0.2, -0.15) is 0 Å². The summed E-state index contributed by atoms with van der Waals surface area (Å²) in [5, 5.41) is 3.44. The van der Waals surface area contributed by atoms with Gasteiger partial charge in [-0.25, -0.2) is 4.99 Å². The van der Waals surface area contributed by atoms with E-state index in [1.165, 1.54) is 0 Å². The minimum absolute atomic E-state index is 0.402. The highest BCUT2D eigenvalue weighted by Gasteiger charge is 2.29. The fourth-order valence-electron chi connectivity index (χ4n) is 2.05. The fourth-order valence-corrected chi connectivity index (χ4v) is 2.62. The van der Waals surface area contributed by atoms with Crippen LogP contribution in [0.25, 0.3) is 0 Å². The molecule has 0 aromatic heterocycles. The number of rotatable bonds is 2. The molecule has 2 aromatic rings. The minimum Gasteiger partial charge on any atom is -0.348 e. The van der Waals surface area contributed by atoms with Crippen LogP contribution in [0.4, 0.5) is 0 Å². The molecule has 0 saturated heterocycles. The molecule has 0 radical (unpaired) electrons. The fraction of sp³-hybridized carbons (Fsp3) is 0.0625. The van der Waals surface area contributed by atoms with Crippen molar-refractivity contribution in [2.75, 3.05) is 0 Å². The van der Waals surface area contributed by atoms with Crippen LogP contribution in [0.1, 0.15) is 11.1 Å². The van der Waals surface area contributed by atoms with Crippen LogP contribution >= 0.6 is 15.9 Å². The minimum atomic E-state index is -0.402. The quantitative estimate of drug-likeness (QED) is 0.662. The van der Waals surface area contributed by atoms with E-state index < -0.39 is 4.45 Å². The highest BCUT2D eigenvalue weighted by atomic mass is 79.9. The monoisotopic (exact) mass is 312 g/mol. The van der Waals surface area contributed by atoms with Crippen molar-refractivity contribution < 1.29 is 0 Å². The standard InChI is InChI=1S/C16H13BrN2/c17-16(14-9-5-2-6-10-14)11-12-18-15(19-16)13-7-3-1-4-8-13/h1-12H,(H,18,19). The molecule has 0 aliphatic carbocycles. The first-order valence-electron chi connectivity index (χ1n) is 6.11. The molecule has 1 atom stereocenters. The van der Waals surface area contributed by atoms with Crippen molar-refractivity contribution in [1.29, 1.82) is 0 Å². The number of halogens is 1. The number of hydrogen-bond donors (Lipinski definition) is 1. The average molecular weight is 313 g/mol. The van der Waals surface area contributed by atoms with E-state index in [0.29, 0.717) is 0 Å². The van der Waals surface area contributed by atoms with Gasteiger partial charge in [-0.05, 0) is 11.6 Å². The second-order valence-electron chi connectivity index (χ2n) is 4.36. The first-order valence-corrected chi connectivity index (χ1v) is 6.91. The summed E-state index contributed by atoms with van der Waals surface area (Å²) in [5.41, 5.74) is 2.22. The number of amidine groups is 1. The van der Waals surface area contributed by atoms with Crippen LogP contribution < -0.4 is 5.32 Å². The highest BCUT2D eigenvalue weighted by Crippen LogP contribution is 2.32. The zero-order valence-corrected chi connectivity index (χ0v) is 11.8. The second-order valence-corrected chi connectivity index (χ2v) is 5.61. The lowest BCUT2D eigenvalue weighted by Crippen LogP contribution is -2.41. The number of hydrogen-bond acceptors (Lipinski definition) is 2. The molecule has 0 fully saturated rings. The van der Waals surface area contributed by atoms with Crippen molar-refractivity contribution in [1.82, 2.24) is 5.32 Å². The van der Waals surface area contributed by atoms with Crippen LogP contribution in [0.2, 0.25) is 0 Å². The van der Waals surface area contributed by atoms with Crippen LogP contribution in [-0.2, 0) is 4.45 Å². The van der Waals surface area contributed by atoms with Gasteiger partial charge in [0.1, 0.15) is 10.3 Å². The molecule has 2 nitrogen and oxygen atoms in total. The molecule has 94 valence electrons. The van der Waals surface area contributed by atoms with Crippen LogP contribution in [-0.4, -0.2) is 5.84 Å². The molecule has 0 saturated carbocycles. The van der Waals surface area contributed by atoms with Gasteiger partial charge in [0, 0.05) is 11.8 Å². The molecule has 1 N–H and O–H groups in total. The summed E-state index contributed by atoms with van der Waals surface area (Å²) >= 11 is 3.76. The van der Waals surface area contributed by atoms with Crippen molar-refractivity contribution in [3.8, 4) is 0 Å². The van der Waals surface area contributed by atoms with Crippen LogP contribution in [0.15, 0.2) is 77.9 Å². The first-order chi connectivity index (χ1) is 9.28. The third-order valence-electron chi connectivity index (χ3n) is 3.05. The second kappa shape index (κ2) is 5.02. The third kappa shape index (κ3) is 2.47. The van der Waals surface area contributed by atoms with Crippen molar-refractivity contribution in [3.05, 3.63) is 84.1 Å². The maximum Gasteiger partial charge on any atom is 0.140 e. The number of nitrogens with zero attached hydrogens (tertiary/aromatic N) is 1. The molecule has 1 aliphatic rings. The molecular weight excluding hydrogens is 300 g/mol.